The van der Waals surface area contributed by atoms with Crippen molar-refractivity contribution in [2.75, 3.05) is 18.8 Å². The number of hydrogen-bond acceptors (Lipinski definition) is 4. The molecule has 1 amide bonds. The lowest BCUT2D eigenvalue weighted by Gasteiger charge is -2.20. The van der Waals surface area contributed by atoms with Gasteiger partial charge in [0.1, 0.15) is 5.82 Å². The van der Waals surface area contributed by atoms with E-state index < -0.39 is 0 Å². The van der Waals surface area contributed by atoms with Crippen molar-refractivity contribution >= 4 is 17.7 Å². The van der Waals surface area contributed by atoms with Crippen LogP contribution in [0.1, 0.15) is 25.2 Å². The second kappa shape index (κ2) is 8.68. The molecule has 0 radical (unpaired) electrons. The SMILES string of the molecule is C=C(C)CN(CC)C(=O)CSc1nnc(C)n1Cc1ccccc1. The van der Waals surface area contributed by atoms with Crippen LogP contribution in [-0.4, -0.2) is 44.4 Å². The van der Waals surface area contributed by atoms with Crippen LogP contribution in [0, 0.1) is 6.92 Å². The summed E-state index contributed by atoms with van der Waals surface area (Å²) >= 11 is 1.43. The summed E-state index contributed by atoms with van der Waals surface area (Å²) in [4.78, 5) is 14.2. The van der Waals surface area contributed by atoms with Crippen molar-refractivity contribution in [3.63, 3.8) is 0 Å². The van der Waals surface area contributed by atoms with Gasteiger partial charge in [-0.3, -0.25) is 4.79 Å². The molecule has 1 aromatic carbocycles. The molecule has 0 aliphatic heterocycles. The Labute approximate surface area is 147 Å². The second-order valence-corrected chi connectivity index (χ2v) is 6.70. The van der Waals surface area contributed by atoms with Gasteiger partial charge in [0.2, 0.25) is 5.91 Å². The molecule has 1 heterocycles. The summed E-state index contributed by atoms with van der Waals surface area (Å²) in [5.41, 5.74) is 2.17. The predicted molar refractivity (Wildman–Crippen MR) is 98.1 cm³/mol. The third-order valence-corrected chi connectivity index (χ3v) is 4.56. The molecule has 6 heteroatoms. The van der Waals surface area contributed by atoms with E-state index in [1.54, 1.807) is 4.90 Å². The van der Waals surface area contributed by atoms with Crippen molar-refractivity contribution < 1.29 is 4.79 Å². The Morgan fingerprint density at radius 1 is 1.29 bits per heavy atom. The summed E-state index contributed by atoms with van der Waals surface area (Å²) in [6.45, 7) is 11.7. The summed E-state index contributed by atoms with van der Waals surface area (Å²) in [6.07, 6.45) is 0. The highest BCUT2D eigenvalue weighted by Gasteiger charge is 2.15. The first-order valence-corrected chi connectivity index (χ1v) is 8.98. The van der Waals surface area contributed by atoms with Gasteiger partial charge in [-0.2, -0.15) is 0 Å². The van der Waals surface area contributed by atoms with Gasteiger partial charge >= 0.3 is 0 Å². The summed E-state index contributed by atoms with van der Waals surface area (Å²) in [7, 11) is 0. The topological polar surface area (TPSA) is 51.0 Å². The Balaban J connectivity index is 2.03. The monoisotopic (exact) mass is 344 g/mol. The lowest BCUT2D eigenvalue weighted by Crippen LogP contribution is -2.33. The fourth-order valence-corrected chi connectivity index (χ4v) is 3.22. The van der Waals surface area contributed by atoms with Crippen LogP contribution in [-0.2, 0) is 11.3 Å². The van der Waals surface area contributed by atoms with E-state index in [1.807, 2.05) is 43.5 Å². The van der Waals surface area contributed by atoms with Gasteiger partial charge in [-0.25, -0.2) is 0 Å². The van der Waals surface area contributed by atoms with Crippen LogP contribution in [0.5, 0.6) is 0 Å². The quantitative estimate of drug-likeness (QED) is 0.545. The molecule has 5 nitrogen and oxygen atoms in total. The highest BCUT2D eigenvalue weighted by Crippen LogP contribution is 2.19. The number of likely N-dealkylation sites (N-methyl/N-ethyl adjacent to an activating group) is 1. The average Bonchev–Trinajstić information content (AvgIpc) is 2.91. The van der Waals surface area contributed by atoms with E-state index in [1.165, 1.54) is 17.3 Å². The van der Waals surface area contributed by atoms with Crippen LogP contribution < -0.4 is 0 Å². The molecule has 0 aliphatic rings. The van der Waals surface area contributed by atoms with Crippen LogP contribution in [0.4, 0.5) is 0 Å². The zero-order valence-corrected chi connectivity index (χ0v) is 15.3. The van der Waals surface area contributed by atoms with E-state index >= 15 is 0 Å². The van der Waals surface area contributed by atoms with E-state index in [0.29, 0.717) is 25.4 Å². The molecule has 0 bridgehead atoms. The molecule has 0 N–H and O–H groups in total. The molecule has 2 aromatic rings. The summed E-state index contributed by atoms with van der Waals surface area (Å²) in [5, 5.41) is 9.15. The maximum atomic E-state index is 12.4. The Morgan fingerprint density at radius 3 is 2.62 bits per heavy atom. The van der Waals surface area contributed by atoms with Crippen LogP contribution in [0.25, 0.3) is 0 Å². The number of amides is 1. The molecule has 24 heavy (non-hydrogen) atoms. The minimum atomic E-state index is 0.0948. The summed E-state index contributed by atoms with van der Waals surface area (Å²) in [6, 6.07) is 10.2. The molecule has 2 rings (SSSR count). The van der Waals surface area contributed by atoms with Crippen LogP contribution in [0.3, 0.4) is 0 Å². The molecule has 0 spiro atoms. The van der Waals surface area contributed by atoms with E-state index in [4.69, 9.17) is 0 Å². The van der Waals surface area contributed by atoms with Gasteiger partial charge < -0.3 is 9.47 Å². The first-order chi connectivity index (χ1) is 11.5. The van der Waals surface area contributed by atoms with Crippen molar-refractivity contribution in [3.05, 3.63) is 53.9 Å². The number of hydrogen-bond donors (Lipinski definition) is 0. The molecule has 0 unspecified atom stereocenters. The van der Waals surface area contributed by atoms with Gasteiger partial charge in [-0.05, 0) is 26.3 Å². The zero-order chi connectivity index (χ0) is 17.5. The van der Waals surface area contributed by atoms with Gasteiger partial charge in [0.15, 0.2) is 5.16 Å². The molecule has 1 aromatic heterocycles. The Morgan fingerprint density at radius 2 is 2.00 bits per heavy atom. The third kappa shape index (κ3) is 4.96. The number of aryl methyl sites for hydroxylation is 1. The largest absolute Gasteiger partial charge is 0.338 e. The van der Waals surface area contributed by atoms with E-state index in [9.17, 15) is 4.79 Å². The smallest absolute Gasteiger partial charge is 0.233 e. The van der Waals surface area contributed by atoms with Crippen molar-refractivity contribution in [2.24, 2.45) is 0 Å². The van der Waals surface area contributed by atoms with Gasteiger partial charge in [0.25, 0.3) is 0 Å². The average molecular weight is 344 g/mol. The summed E-state index contributed by atoms with van der Waals surface area (Å²) < 4.78 is 2.04. The lowest BCUT2D eigenvalue weighted by atomic mass is 10.2. The van der Waals surface area contributed by atoms with Gasteiger partial charge in [-0.1, -0.05) is 54.2 Å². The minimum absolute atomic E-state index is 0.0948. The van der Waals surface area contributed by atoms with Crippen molar-refractivity contribution in [1.29, 1.82) is 0 Å². The van der Waals surface area contributed by atoms with E-state index in [-0.39, 0.29) is 5.91 Å². The molecule has 0 atom stereocenters. The van der Waals surface area contributed by atoms with Crippen molar-refractivity contribution in [3.8, 4) is 0 Å². The maximum absolute atomic E-state index is 12.4. The molecule has 0 saturated carbocycles. The standard InChI is InChI=1S/C18H24N4OS/c1-5-21(11-14(2)3)17(23)13-24-18-20-19-15(4)22(18)12-16-9-7-6-8-10-16/h6-10H,2,5,11-13H2,1,3-4H3. The molecular formula is C18H24N4OS. The van der Waals surface area contributed by atoms with Gasteiger partial charge in [0.05, 0.1) is 12.3 Å². The number of thioether (sulfide) groups is 1. The number of benzene rings is 1. The number of nitrogens with zero attached hydrogens (tertiary/aromatic N) is 4. The molecule has 0 fully saturated rings. The minimum Gasteiger partial charge on any atom is -0.338 e. The Kier molecular flexibility index (Phi) is 6.61. The molecule has 128 valence electrons. The van der Waals surface area contributed by atoms with Crippen molar-refractivity contribution in [2.45, 2.75) is 32.5 Å². The van der Waals surface area contributed by atoms with E-state index in [2.05, 4.69) is 28.9 Å². The van der Waals surface area contributed by atoms with Crippen LogP contribution in [0.2, 0.25) is 0 Å². The molecular weight excluding hydrogens is 320 g/mol. The summed E-state index contributed by atoms with van der Waals surface area (Å²) in [5.74, 6) is 1.30. The van der Waals surface area contributed by atoms with Gasteiger partial charge in [0, 0.05) is 13.1 Å². The highest BCUT2D eigenvalue weighted by molar-refractivity contribution is 7.99. The van der Waals surface area contributed by atoms with Gasteiger partial charge in [-0.15, -0.1) is 10.2 Å². The second-order valence-electron chi connectivity index (χ2n) is 5.76. The molecule has 0 saturated heterocycles. The predicted octanol–water partition coefficient (Wildman–Crippen LogP) is 3.15. The fraction of sp³-hybridized carbons (Fsp3) is 0.389. The van der Waals surface area contributed by atoms with E-state index in [0.717, 1.165) is 16.6 Å². The normalized spacial score (nSPS) is 10.6. The lowest BCUT2D eigenvalue weighted by molar-refractivity contribution is -0.127. The Hall–Kier alpha value is -2.08. The van der Waals surface area contributed by atoms with Crippen molar-refractivity contribution in [1.82, 2.24) is 19.7 Å². The zero-order valence-electron chi connectivity index (χ0n) is 14.5. The number of carbonyl (C=O) groups excluding carboxylic acids is 1. The highest BCUT2D eigenvalue weighted by atomic mass is 32.2. The first-order valence-electron chi connectivity index (χ1n) is 8.00. The fourth-order valence-electron chi connectivity index (χ4n) is 2.34. The first kappa shape index (κ1) is 18.3. The van der Waals surface area contributed by atoms with Crippen LogP contribution >= 0.6 is 11.8 Å². The van der Waals surface area contributed by atoms with Crippen LogP contribution in [0.15, 0.2) is 47.6 Å². The third-order valence-electron chi connectivity index (χ3n) is 3.61. The maximum Gasteiger partial charge on any atom is 0.233 e. The Bertz CT molecular complexity index is 696. The molecule has 0 aliphatic carbocycles. The number of carbonyl (C=O) groups is 1. The number of rotatable bonds is 8. The number of aromatic nitrogens is 3.